The Morgan fingerprint density at radius 1 is 1.07 bits per heavy atom. The minimum atomic E-state index is -0.360. The van der Waals surface area contributed by atoms with Gasteiger partial charge in [-0.25, -0.2) is 14.4 Å². The number of halogens is 1. The van der Waals surface area contributed by atoms with Gasteiger partial charge in [0.25, 0.3) is 5.91 Å². The molecule has 0 spiro atoms. The lowest BCUT2D eigenvalue weighted by molar-refractivity contribution is 0.0980. The summed E-state index contributed by atoms with van der Waals surface area (Å²) in [6.45, 7) is 2.18. The zero-order chi connectivity index (χ0) is 18.8. The Morgan fingerprint density at radius 3 is 2.52 bits per heavy atom. The van der Waals surface area contributed by atoms with Crippen LogP contribution in [0, 0.1) is 12.7 Å². The summed E-state index contributed by atoms with van der Waals surface area (Å²) in [6.07, 6.45) is 1.47. The fourth-order valence-electron chi connectivity index (χ4n) is 2.74. The molecule has 0 unspecified atom stereocenters. The molecule has 7 heteroatoms. The standard InChI is InChI=1S/C20H15FN4OS/c1-13-23-15(12-27-13)11-25(16-8-6-14(21)7-9-16)20(26)19-10-22-17-4-2-3-5-18(17)24-19/h2-10,12H,11H2,1H3. The van der Waals surface area contributed by atoms with E-state index >= 15 is 0 Å². The van der Waals surface area contributed by atoms with Gasteiger partial charge < -0.3 is 4.90 Å². The van der Waals surface area contributed by atoms with Crippen LogP contribution < -0.4 is 4.90 Å². The molecule has 0 aliphatic rings. The summed E-state index contributed by atoms with van der Waals surface area (Å²) in [5.41, 5.74) is 2.93. The molecule has 134 valence electrons. The summed E-state index contributed by atoms with van der Waals surface area (Å²) in [5, 5.41) is 2.83. The molecule has 2 aromatic heterocycles. The molecule has 0 saturated carbocycles. The molecule has 0 radical (unpaired) electrons. The molecule has 4 aromatic rings. The van der Waals surface area contributed by atoms with Gasteiger partial charge in [0.2, 0.25) is 0 Å². The van der Waals surface area contributed by atoms with Crippen molar-refractivity contribution in [3.63, 3.8) is 0 Å². The number of hydrogen-bond donors (Lipinski definition) is 0. The molecule has 2 aromatic carbocycles. The lowest BCUT2D eigenvalue weighted by Crippen LogP contribution is -2.31. The molecule has 0 saturated heterocycles. The fourth-order valence-corrected chi connectivity index (χ4v) is 3.35. The normalized spacial score (nSPS) is 10.9. The van der Waals surface area contributed by atoms with Crippen LogP contribution in [0.15, 0.2) is 60.1 Å². The highest BCUT2D eigenvalue weighted by atomic mass is 32.1. The molecular weight excluding hydrogens is 363 g/mol. The van der Waals surface area contributed by atoms with E-state index < -0.39 is 0 Å². The number of aromatic nitrogens is 3. The van der Waals surface area contributed by atoms with Crippen LogP contribution in [0.4, 0.5) is 10.1 Å². The number of hydrogen-bond acceptors (Lipinski definition) is 5. The second-order valence-electron chi connectivity index (χ2n) is 5.97. The summed E-state index contributed by atoms with van der Waals surface area (Å²) >= 11 is 1.52. The van der Waals surface area contributed by atoms with Crippen LogP contribution in [0.1, 0.15) is 21.2 Å². The molecule has 4 rings (SSSR count). The third-order valence-electron chi connectivity index (χ3n) is 4.04. The first-order chi connectivity index (χ1) is 13.1. The van der Waals surface area contributed by atoms with E-state index in [1.807, 2.05) is 36.6 Å². The van der Waals surface area contributed by atoms with Crippen LogP contribution >= 0.6 is 11.3 Å². The summed E-state index contributed by atoms with van der Waals surface area (Å²) in [6, 6.07) is 13.2. The first kappa shape index (κ1) is 17.2. The van der Waals surface area contributed by atoms with Crippen LogP contribution in [-0.4, -0.2) is 20.9 Å². The Labute approximate surface area is 159 Å². The number of carbonyl (C=O) groups excluding carboxylic acids is 1. The van der Waals surface area contributed by atoms with E-state index in [0.717, 1.165) is 16.2 Å². The molecule has 0 N–H and O–H groups in total. The molecule has 0 fully saturated rings. The van der Waals surface area contributed by atoms with Gasteiger partial charge in [-0.2, -0.15) is 0 Å². The van der Waals surface area contributed by atoms with E-state index in [9.17, 15) is 9.18 Å². The average molecular weight is 378 g/mol. The van der Waals surface area contributed by atoms with Gasteiger partial charge >= 0.3 is 0 Å². The SMILES string of the molecule is Cc1nc(CN(C(=O)c2cnc3ccccc3n2)c2ccc(F)cc2)cs1. The number of aryl methyl sites for hydroxylation is 1. The Balaban J connectivity index is 1.73. The van der Waals surface area contributed by atoms with E-state index in [0.29, 0.717) is 11.2 Å². The molecule has 27 heavy (non-hydrogen) atoms. The number of amides is 1. The predicted octanol–water partition coefficient (Wildman–Crippen LogP) is 4.38. The zero-order valence-electron chi connectivity index (χ0n) is 14.5. The third-order valence-corrected chi connectivity index (χ3v) is 4.86. The monoisotopic (exact) mass is 378 g/mol. The minimum Gasteiger partial charge on any atom is -0.301 e. The van der Waals surface area contributed by atoms with Crippen molar-refractivity contribution in [3.8, 4) is 0 Å². The lowest BCUT2D eigenvalue weighted by atomic mass is 10.2. The van der Waals surface area contributed by atoms with Crippen LogP contribution in [0.5, 0.6) is 0 Å². The third kappa shape index (κ3) is 3.68. The van der Waals surface area contributed by atoms with E-state index in [1.54, 1.807) is 12.1 Å². The van der Waals surface area contributed by atoms with Gasteiger partial charge in [0.05, 0.1) is 34.5 Å². The molecular formula is C20H15FN4OS. The smallest absolute Gasteiger partial charge is 0.278 e. The van der Waals surface area contributed by atoms with Crippen molar-refractivity contribution in [2.75, 3.05) is 4.90 Å². The topological polar surface area (TPSA) is 59.0 Å². The number of para-hydroxylation sites is 2. The van der Waals surface area contributed by atoms with Gasteiger partial charge in [0.15, 0.2) is 0 Å². The van der Waals surface area contributed by atoms with Crippen molar-refractivity contribution in [1.82, 2.24) is 15.0 Å². The van der Waals surface area contributed by atoms with Gasteiger partial charge in [-0.1, -0.05) is 12.1 Å². The number of rotatable bonds is 4. The van der Waals surface area contributed by atoms with Gasteiger partial charge in [-0.05, 0) is 43.3 Å². The fraction of sp³-hybridized carbons (Fsp3) is 0.100. The van der Waals surface area contributed by atoms with E-state index in [-0.39, 0.29) is 24.0 Å². The number of nitrogens with zero attached hydrogens (tertiary/aromatic N) is 4. The number of fused-ring (bicyclic) bond motifs is 1. The highest BCUT2D eigenvalue weighted by molar-refractivity contribution is 7.09. The maximum Gasteiger partial charge on any atom is 0.278 e. The minimum absolute atomic E-state index is 0.227. The molecule has 0 atom stereocenters. The largest absolute Gasteiger partial charge is 0.301 e. The lowest BCUT2D eigenvalue weighted by Gasteiger charge is -2.21. The first-order valence-electron chi connectivity index (χ1n) is 8.30. The molecule has 0 aliphatic carbocycles. The van der Waals surface area contributed by atoms with Crippen molar-refractivity contribution < 1.29 is 9.18 Å². The Bertz CT molecular complexity index is 1110. The zero-order valence-corrected chi connectivity index (χ0v) is 15.3. The summed E-state index contributed by atoms with van der Waals surface area (Å²) in [4.78, 5) is 27.9. The predicted molar refractivity (Wildman–Crippen MR) is 103 cm³/mol. The van der Waals surface area contributed by atoms with Crippen molar-refractivity contribution in [1.29, 1.82) is 0 Å². The van der Waals surface area contributed by atoms with Crippen LogP contribution in [0.25, 0.3) is 11.0 Å². The van der Waals surface area contributed by atoms with Crippen molar-refractivity contribution in [2.24, 2.45) is 0 Å². The van der Waals surface area contributed by atoms with Crippen molar-refractivity contribution >= 4 is 34.0 Å². The maximum absolute atomic E-state index is 13.3. The molecule has 1 amide bonds. The molecule has 5 nitrogen and oxygen atoms in total. The number of benzene rings is 2. The first-order valence-corrected chi connectivity index (χ1v) is 9.18. The quantitative estimate of drug-likeness (QED) is 0.529. The summed E-state index contributed by atoms with van der Waals surface area (Å²) < 4.78 is 13.3. The Morgan fingerprint density at radius 2 is 1.81 bits per heavy atom. The Hall–Kier alpha value is -3.19. The second kappa shape index (κ2) is 7.20. The van der Waals surface area contributed by atoms with Gasteiger partial charge in [0.1, 0.15) is 11.5 Å². The highest BCUT2D eigenvalue weighted by Gasteiger charge is 2.21. The van der Waals surface area contributed by atoms with Crippen LogP contribution in [0.2, 0.25) is 0 Å². The molecule has 0 bridgehead atoms. The van der Waals surface area contributed by atoms with Crippen molar-refractivity contribution in [2.45, 2.75) is 13.5 Å². The Kier molecular flexibility index (Phi) is 4.60. The maximum atomic E-state index is 13.3. The van der Waals surface area contributed by atoms with Gasteiger partial charge in [0, 0.05) is 11.1 Å². The van der Waals surface area contributed by atoms with Crippen LogP contribution in [-0.2, 0) is 6.54 Å². The summed E-state index contributed by atoms with van der Waals surface area (Å²) in [7, 11) is 0. The van der Waals surface area contributed by atoms with Gasteiger partial charge in [-0.3, -0.25) is 9.78 Å². The average Bonchev–Trinajstić information content (AvgIpc) is 3.11. The van der Waals surface area contributed by atoms with Gasteiger partial charge in [-0.15, -0.1) is 11.3 Å². The van der Waals surface area contributed by atoms with E-state index in [4.69, 9.17) is 0 Å². The van der Waals surface area contributed by atoms with E-state index in [2.05, 4.69) is 15.0 Å². The highest BCUT2D eigenvalue weighted by Crippen LogP contribution is 2.21. The number of anilines is 1. The number of thiazole rings is 1. The molecule has 0 aliphatic heterocycles. The van der Waals surface area contributed by atoms with Crippen molar-refractivity contribution in [3.05, 3.63) is 82.3 Å². The van der Waals surface area contributed by atoms with Crippen LogP contribution in [0.3, 0.4) is 0 Å². The second-order valence-corrected chi connectivity index (χ2v) is 7.03. The summed E-state index contributed by atoms with van der Waals surface area (Å²) in [5.74, 6) is -0.674. The number of carbonyl (C=O) groups is 1. The molecule has 2 heterocycles. The van der Waals surface area contributed by atoms with E-state index in [1.165, 1.54) is 34.6 Å².